The van der Waals surface area contributed by atoms with E-state index >= 15 is 0 Å². The quantitative estimate of drug-likeness (QED) is 0.0651. The first-order valence-corrected chi connectivity index (χ1v) is 16.4. The number of rotatable bonds is 11. The van der Waals surface area contributed by atoms with Gasteiger partial charge in [0.1, 0.15) is 22.3 Å². The molecule has 15 heteroatoms. The smallest absolute Gasteiger partial charge is 0.364 e. The number of esters is 3. The lowest BCUT2D eigenvalue weighted by atomic mass is 9.98. The van der Waals surface area contributed by atoms with Crippen LogP contribution >= 0.6 is 0 Å². The van der Waals surface area contributed by atoms with Gasteiger partial charge in [0.15, 0.2) is 34.3 Å². The van der Waals surface area contributed by atoms with Crippen LogP contribution in [0.25, 0.3) is 21.9 Å². The second-order valence-electron chi connectivity index (χ2n) is 12.2. The van der Waals surface area contributed by atoms with Crippen molar-refractivity contribution in [3.63, 3.8) is 0 Å². The molecule has 0 fully saturated rings. The number of carbonyl (C=O) groups excluding carboxylic acids is 3. The largest absolute Gasteiger partial charge is 0.493 e. The molecule has 54 heavy (non-hydrogen) atoms. The van der Waals surface area contributed by atoms with Gasteiger partial charge in [-0.1, -0.05) is 23.3 Å². The highest BCUT2D eigenvalue weighted by Gasteiger charge is 2.29. The molecule has 0 atom stereocenters. The first-order chi connectivity index (χ1) is 26.0. The molecule has 272 valence electrons. The van der Waals surface area contributed by atoms with E-state index in [2.05, 4.69) is 29.9 Å². The van der Waals surface area contributed by atoms with E-state index in [9.17, 15) is 19.2 Å². The van der Waals surface area contributed by atoms with Crippen molar-refractivity contribution in [3.05, 3.63) is 130 Å². The molecule has 0 aliphatic heterocycles. The minimum Gasteiger partial charge on any atom is -0.493 e. The Labute approximate surface area is 307 Å². The number of benzene rings is 2. The molecule has 0 unspecified atom stereocenters. The van der Waals surface area contributed by atoms with E-state index in [1.54, 1.807) is 0 Å². The molecule has 0 bridgehead atoms. The predicted molar refractivity (Wildman–Crippen MR) is 194 cm³/mol. The maximum absolute atomic E-state index is 14.9. The van der Waals surface area contributed by atoms with E-state index in [4.69, 9.17) is 23.4 Å². The molecule has 4 heterocycles. The van der Waals surface area contributed by atoms with Crippen LogP contribution in [-0.4, -0.2) is 54.9 Å². The number of nitrogens with zero attached hydrogens (tertiary/aromatic N) is 6. The van der Waals surface area contributed by atoms with Crippen LogP contribution in [0.2, 0.25) is 0 Å². The Morgan fingerprint density at radius 2 is 1.07 bits per heavy atom. The summed E-state index contributed by atoms with van der Waals surface area (Å²) >= 11 is 0. The first kappa shape index (κ1) is 36.6. The number of allylic oxidation sites excluding steroid dienone is 4. The molecule has 0 radical (unpaired) electrons. The van der Waals surface area contributed by atoms with Crippen LogP contribution in [0.15, 0.2) is 100 Å². The summed E-state index contributed by atoms with van der Waals surface area (Å²) in [5.41, 5.74) is 1.25. The maximum Gasteiger partial charge on any atom is 0.364 e. The Morgan fingerprint density at radius 3 is 1.56 bits per heavy atom. The standard InChI is InChI=1S/C39H32N6O9/c1-21(2)6-8-23-28(52-37(47)25-18-40-10-13-43-25)16-30-33(36(23)54-39(49)27-20-42-12-15-45-27)34(46)32-24(9-7-22(3)4)35(50-5)31(17-29(32)51-30)53-38(48)26-19-41-11-14-44-26/h6-7,10-20H,8-9H2,1-5H3. The van der Waals surface area contributed by atoms with Crippen molar-refractivity contribution < 1.29 is 37.7 Å². The predicted octanol–water partition coefficient (Wildman–Crippen LogP) is 6.00. The van der Waals surface area contributed by atoms with Crippen molar-refractivity contribution in [2.45, 2.75) is 40.5 Å². The normalized spacial score (nSPS) is 10.8. The zero-order chi connectivity index (χ0) is 38.4. The van der Waals surface area contributed by atoms with Crippen molar-refractivity contribution in [3.8, 4) is 23.0 Å². The van der Waals surface area contributed by atoms with Crippen LogP contribution in [0.4, 0.5) is 0 Å². The van der Waals surface area contributed by atoms with Crippen molar-refractivity contribution in [2.75, 3.05) is 7.11 Å². The summed E-state index contributed by atoms with van der Waals surface area (Å²) < 4.78 is 29.7. The molecule has 4 aromatic heterocycles. The Bertz CT molecular complexity index is 2510. The molecule has 6 aromatic rings. The molecule has 6 rings (SSSR count). The van der Waals surface area contributed by atoms with Crippen LogP contribution in [0.1, 0.15) is 70.3 Å². The van der Waals surface area contributed by atoms with Gasteiger partial charge in [-0.25, -0.2) is 29.3 Å². The SMILES string of the molecule is COc1c(OC(=O)c2cnccn2)cc2oc3cc(OC(=O)c4cnccn4)c(CC=C(C)C)c(OC(=O)c4cnccn4)c3c(=O)c2c1CC=C(C)C. The third-order valence-corrected chi connectivity index (χ3v) is 7.84. The van der Waals surface area contributed by atoms with Crippen LogP contribution in [0.5, 0.6) is 23.0 Å². The number of hydrogen-bond acceptors (Lipinski definition) is 15. The number of ether oxygens (including phenoxy) is 4. The highest BCUT2D eigenvalue weighted by molar-refractivity contribution is 6.01. The fourth-order valence-corrected chi connectivity index (χ4v) is 5.36. The van der Waals surface area contributed by atoms with Gasteiger partial charge >= 0.3 is 17.9 Å². The fourth-order valence-electron chi connectivity index (χ4n) is 5.36. The second-order valence-corrected chi connectivity index (χ2v) is 12.2. The van der Waals surface area contributed by atoms with Gasteiger partial charge in [-0.05, 0) is 40.5 Å². The Balaban J connectivity index is 1.67. The summed E-state index contributed by atoms with van der Waals surface area (Å²) in [5.74, 6) is -2.95. The van der Waals surface area contributed by atoms with Gasteiger partial charge < -0.3 is 23.4 Å². The highest BCUT2D eigenvalue weighted by atomic mass is 16.6. The van der Waals surface area contributed by atoms with Gasteiger partial charge in [-0.15, -0.1) is 0 Å². The lowest BCUT2D eigenvalue weighted by molar-refractivity contribution is 0.0711. The molecule has 2 aromatic carbocycles. The molecular weight excluding hydrogens is 696 g/mol. The number of aromatic nitrogens is 6. The van der Waals surface area contributed by atoms with Gasteiger partial charge in [0.2, 0.25) is 5.43 Å². The van der Waals surface area contributed by atoms with E-state index in [1.165, 1.54) is 75.0 Å². The van der Waals surface area contributed by atoms with E-state index in [1.807, 2.05) is 39.8 Å². The summed E-state index contributed by atoms with van der Waals surface area (Å²) in [5, 5.41) is -0.0774. The molecule has 0 saturated carbocycles. The second kappa shape index (κ2) is 16.0. The summed E-state index contributed by atoms with van der Waals surface area (Å²) in [7, 11) is 1.37. The zero-order valence-corrected chi connectivity index (χ0v) is 29.8. The minimum absolute atomic E-state index is 0.0122. The molecular formula is C39H32N6O9. The van der Waals surface area contributed by atoms with E-state index in [0.29, 0.717) is 5.56 Å². The molecule has 0 N–H and O–H groups in total. The highest BCUT2D eigenvalue weighted by Crippen LogP contribution is 2.42. The monoisotopic (exact) mass is 728 g/mol. The third kappa shape index (κ3) is 7.84. The van der Waals surface area contributed by atoms with Crippen LogP contribution in [0.3, 0.4) is 0 Å². The molecule has 0 aliphatic carbocycles. The average Bonchev–Trinajstić information content (AvgIpc) is 3.17. The number of carbonyl (C=O) groups is 3. The Morgan fingerprint density at radius 1 is 0.611 bits per heavy atom. The first-order valence-electron chi connectivity index (χ1n) is 16.4. The summed E-state index contributed by atoms with van der Waals surface area (Å²) in [6.07, 6.45) is 15.8. The van der Waals surface area contributed by atoms with E-state index in [0.717, 1.165) is 11.1 Å². The minimum atomic E-state index is -0.937. The lowest BCUT2D eigenvalue weighted by Gasteiger charge is -2.18. The van der Waals surface area contributed by atoms with Gasteiger partial charge in [-0.3, -0.25) is 19.7 Å². The number of hydrogen-bond donors (Lipinski definition) is 0. The van der Waals surface area contributed by atoms with E-state index < -0.39 is 23.3 Å². The van der Waals surface area contributed by atoms with Crippen LogP contribution in [0, 0.1) is 0 Å². The van der Waals surface area contributed by atoms with Crippen molar-refractivity contribution in [1.29, 1.82) is 0 Å². The maximum atomic E-state index is 14.9. The average molecular weight is 729 g/mol. The molecule has 0 saturated heterocycles. The van der Waals surface area contributed by atoms with Crippen molar-refractivity contribution in [2.24, 2.45) is 0 Å². The van der Waals surface area contributed by atoms with Crippen LogP contribution < -0.4 is 24.4 Å². The lowest BCUT2D eigenvalue weighted by Crippen LogP contribution is -2.17. The molecule has 15 nitrogen and oxygen atoms in total. The zero-order valence-electron chi connectivity index (χ0n) is 29.8. The summed E-state index contributed by atoms with van der Waals surface area (Å²) in [6, 6.07) is 2.69. The topological polar surface area (TPSA) is 196 Å². The van der Waals surface area contributed by atoms with Gasteiger partial charge in [-0.2, -0.15) is 0 Å². The number of fused-ring (bicyclic) bond motifs is 2. The van der Waals surface area contributed by atoms with Crippen molar-refractivity contribution >= 4 is 39.8 Å². The molecule has 0 aliphatic rings. The summed E-state index contributed by atoms with van der Waals surface area (Å²) in [6.45, 7) is 7.48. The van der Waals surface area contributed by atoms with E-state index in [-0.39, 0.29) is 80.4 Å². The molecule has 0 spiro atoms. The van der Waals surface area contributed by atoms with Crippen LogP contribution in [-0.2, 0) is 12.8 Å². The molecule has 0 amide bonds. The third-order valence-electron chi connectivity index (χ3n) is 7.84. The Kier molecular flexibility index (Phi) is 10.9. The summed E-state index contributed by atoms with van der Waals surface area (Å²) in [4.78, 5) is 78.9. The number of methoxy groups -OCH3 is 1. The van der Waals surface area contributed by atoms with Gasteiger partial charge in [0, 0.05) is 60.4 Å². The fraction of sp³-hybridized carbons (Fsp3) is 0.179. The van der Waals surface area contributed by atoms with Gasteiger partial charge in [0.25, 0.3) is 0 Å². The Hall–Kier alpha value is -7.16. The van der Waals surface area contributed by atoms with Crippen molar-refractivity contribution in [1.82, 2.24) is 29.9 Å². The van der Waals surface area contributed by atoms with Gasteiger partial charge in [0.05, 0.1) is 31.1 Å².